The van der Waals surface area contributed by atoms with Gasteiger partial charge in [0.2, 0.25) is 5.91 Å². The Morgan fingerprint density at radius 1 is 1.00 bits per heavy atom. The summed E-state index contributed by atoms with van der Waals surface area (Å²) in [5.74, 6) is 1.00. The van der Waals surface area contributed by atoms with Crippen molar-refractivity contribution in [3.63, 3.8) is 0 Å². The number of amides is 1. The van der Waals surface area contributed by atoms with Crippen LogP contribution in [0.3, 0.4) is 0 Å². The number of rotatable bonds is 5. The lowest BCUT2D eigenvalue weighted by Gasteiger charge is -2.14. The van der Waals surface area contributed by atoms with E-state index < -0.39 is 0 Å². The molecule has 22 heavy (non-hydrogen) atoms. The first-order valence-electron chi connectivity index (χ1n) is 7.70. The van der Waals surface area contributed by atoms with Gasteiger partial charge < -0.3 is 9.64 Å². The largest absolute Gasteiger partial charge is 0.489 e. The van der Waals surface area contributed by atoms with Crippen LogP contribution in [0.4, 0.5) is 0 Å². The van der Waals surface area contributed by atoms with Crippen LogP contribution in [0.2, 0.25) is 0 Å². The summed E-state index contributed by atoms with van der Waals surface area (Å²) in [6.07, 6.45) is 2.55. The maximum atomic E-state index is 12.1. The lowest BCUT2D eigenvalue weighted by Crippen LogP contribution is -2.26. The molecule has 1 fully saturated rings. The lowest BCUT2D eigenvalue weighted by atomic mass is 10.1. The van der Waals surface area contributed by atoms with Gasteiger partial charge in [-0.05, 0) is 36.1 Å². The van der Waals surface area contributed by atoms with Crippen molar-refractivity contribution in [3.05, 3.63) is 72.3 Å². The topological polar surface area (TPSA) is 29.5 Å². The van der Waals surface area contributed by atoms with Crippen molar-refractivity contribution in [1.29, 1.82) is 0 Å². The fourth-order valence-electron chi connectivity index (χ4n) is 2.55. The Bertz CT molecular complexity index is 601. The van der Waals surface area contributed by atoms with E-state index in [1.807, 2.05) is 66.0 Å². The maximum Gasteiger partial charge on any atom is 0.227 e. The van der Waals surface area contributed by atoms with Gasteiger partial charge in [-0.15, -0.1) is 0 Å². The molecule has 0 saturated carbocycles. The first kappa shape index (κ1) is 14.6. The van der Waals surface area contributed by atoms with Crippen molar-refractivity contribution < 1.29 is 9.53 Å². The molecule has 0 N–H and O–H groups in total. The molecule has 1 heterocycles. The van der Waals surface area contributed by atoms with Crippen molar-refractivity contribution in [2.75, 3.05) is 6.54 Å². The molecule has 113 valence electrons. The van der Waals surface area contributed by atoms with Crippen LogP contribution in [-0.4, -0.2) is 17.4 Å². The van der Waals surface area contributed by atoms with Gasteiger partial charge in [-0.25, -0.2) is 0 Å². The Balaban J connectivity index is 1.52. The van der Waals surface area contributed by atoms with Gasteiger partial charge in [0.05, 0.1) is 13.0 Å². The highest BCUT2D eigenvalue weighted by molar-refractivity contribution is 5.79. The molecule has 0 bridgehead atoms. The molecule has 0 spiro atoms. The number of hydrogen-bond donors (Lipinski definition) is 0. The summed E-state index contributed by atoms with van der Waals surface area (Å²) < 4.78 is 5.75. The Morgan fingerprint density at radius 2 is 1.77 bits per heavy atom. The Morgan fingerprint density at radius 3 is 2.45 bits per heavy atom. The van der Waals surface area contributed by atoms with Gasteiger partial charge in [0.15, 0.2) is 0 Å². The third-order valence-corrected chi connectivity index (χ3v) is 3.80. The average Bonchev–Trinajstić information content (AvgIpc) is 3.10. The zero-order chi connectivity index (χ0) is 15.2. The second-order valence-electron chi connectivity index (χ2n) is 5.51. The first-order valence-corrected chi connectivity index (χ1v) is 7.70. The van der Waals surface area contributed by atoms with Crippen molar-refractivity contribution in [3.8, 4) is 5.75 Å². The first-order chi connectivity index (χ1) is 10.8. The molecule has 3 rings (SSSR count). The molecule has 0 unspecified atom stereocenters. The van der Waals surface area contributed by atoms with Gasteiger partial charge in [-0.2, -0.15) is 0 Å². The molecule has 0 atom stereocenters. The molecule has 2 aromatic rings. The zero-order valence-corrected chi connectivity index (χ0v) is 12.6. The number of likely N-dealkylation sites (tertiary alicyclic amines) is 1. The van der Waals surface area contributed by atoms with Crippen LogP contribution in [0.25, 0.3) is 0 Å². The van der Waals surface area contributed by atoms with Crippen molar-refractivity contribution in [2.24, 2.45) is 0 Å². The summed E-state index contributed by atoms with van der Waals surface area (Å²) in [7, 11) is 0. The average molecular weight is 294 g/mol. The van der Waals surface area contributed by atoms with E-state index >= 15 is 0 Å². The van der Waals surface area contributed by atoms with E-state index in [4.69, 9.17) is 4.74 Å². The van der Waals surface area contributed by atoms with Crippen LogP contribution in [0.15, 0.2) is 54.6 Å². The predicted octanol–water partition coefficient (Wildman–Crippen LogP) is 3.59. The fourth-order valence-corrected chi connectivity index (χ4v) is 2.55. The smallest absolute Gasteiger partial charge is 0.227 e. The van der Waals surface area contributed by atoms with Crippen LogP contribution in [0, 0.1) is 6.54 Å². The summed E-state index contributed by atoms with van der Waals surface area (Å²) in [6.45, 7) is 3.42. The van der Waals surface area contributed by atoms with E-state index in [1.54, 1.807) is 0 Å². The van der Waals surface area contributed by atoms with Gasteiger partial charge in [-0.3, -0.25) is 4.79 Å². The van der Waals surface area contributed by atoms with E-state index in [9.17, 15) is 4.79 Å². The van der Waals surface area contributed by atoms with Gasteiger partial charge in [0.25, 0.3) is 0 Å². The Labute approximate surface area is 131 Å². The minimum Gasteiger partial charge on any atom is -0.489 e. The quantitative estimate of drug-likeness (QED) is 0.843. The highest BCUT2D eigenvalue weighted by atomic mass is 16.5. The molecule has 0 aliphatic carbocycles. The molecule has 2 aromatic carbocycles. The second-order valence-corrected chi connectivity index (χ2v) is 5.51. The molecule has 1 amide bonds. The molecule has 0 aromatic heterocycles. The summed E-state index contributed by atoms with van der Waals surface area (Å²) in [5, 5.41) is 0. The van der Waals surface area contributed by atoms with Crippen LogP contribution < -0.4 is 4.74 Å². The molecular formula is C19H20NO2. The third kappa shape index (κ3) is 3.88. The SMILES string of the molecule is O=C(Cc1ccc(OCc2ccccc2)cc1)N1[CH]CCC1. The van der Waals surface area contributed by atoms with Gasteiger partial charge in [-0.1, -0.05) is 42.5 Å². The summed E-state index contributed by atoms with van der Waals surface area (Å²) in [5.41, 5.74) is 2.17. The molecule has 3 nitrogen and oxygen atoms in total. The van der Waals surface area contributed by atoms with Crippen LogP contribution in [-0.2, 0) is 17.8 Å². The van der Waals surface area contributed by atoms with Crippen molar-refractivity contribution in [1.82, 2.24) is 4.90 Å². The van der Waals surface area contributed by atoms with Crippen LogP contribution >= 0.6 is 0 Å². The predicted molar refractivity (Wildman–Crippen MR) is 86.2 cm³/mol. The van der Waals surface area contributed by atoms with Crippen LogP contribution in [0.1, 0.15) is 24.0 Å². The molecule has 1 aliphatic rings. The molecule has 1 saturated heterocycles. The minimum absolute atomic E-state index is 0.176. The molecule has 1 aliphatic heterocycles. The highest BCUT2D eigenvalue weighted by Crippen LogP contribution is 2.17. The zero-order valence-electron chi connectivity index (χ0n) is 12.6. The fraction of sp³-hybridized carbons (Fsp3) is 0.263. The molecule has 3 heteroatoms. The molecule has 1 radical (unpaired) electrons. The van der Waals surface area contributed by atoms with E-state index in [-0.39, 0.29) is 5.91 Å². The minimum atomic E-state index is 0.176. The van der Waals surface area contributed by atoms with Gasteiger partial charge >= 0.3 is 0 Å². The van der Waals surface area contributed by atoms with E-state index in [2.05, 4.69) is 0 Å². The Kier molecular flexibility index (Phi) is 4.74. The van der Waals surface area contributed by atoms with Crippen LogP contribution in [0.5, 0.6) is 5.75 Å². The van der Waals surface area contributed by atoms with E-state index in [1.165, 1.54) is 0 Å². The third-order valence-electron chi connectivity index (χ3n) is 3.80. The van der Waals surface area contributed by atoms with Crippen molar-refractivity contribution in [2.45, 2.75) is 25.9 Å². The van der Waals surface area contributed by atoms with E-state index in [0.717, 1.165) is 36.3 Å². The number of benzene rings is 2. The number of ether oxygens (including phenoxy) is 1. The second kappa shape index (κ2) is 7.12. The number of nitrogens with zero attached hydrogens (tertiary/aromatic N) is 1. The standard InChI is InChI=1S/C19H20NO2/c21-19(20-12-4-5-13-20)14-16-8-10-18(11-9-16)22-15-17-6-2-1-3-7-17/h1-3,6-12H,4-5,13-15H2. The number of carbonyl (C=O) groups is 1. The normalized spacial score (nSPS) is 14.1. The monoisotopic (exact) mass is 294 g/mol. The molecular weight excluding hydrogens is 274 g/mol. The Hall–Kier alpha value is -2.29. The van der Waals surface area contributed by atoms with Gasteiger partial charge in [0.1, 0.15) is 12.4 Å². The lowest BCUT2D eigenvalue weighted by molar-refractivity contribution is -0.128. The summed E-state index contributed by atoms with van der Waals surface area (Å²) in [6, 6.07) is 17.9. The maximum absolute atomic E-state index is 12.1. The highest BCUT2D eigenvalue weighted by Gasteiger charge is 2.18. The number of hydrogen-bond acceptors (Lipinski definition) is 2. The summed E-state index contributed by atoms with van der Waals surface area (Å²) >= 11 is 0. The van der Waals surface area contributed by atoms with Crippen molar-refractivity contribution >= 4 is 5.91 Å². The van der Waals surface area contributed by atoms with E-state index in [0.29, 0.717) is 13.0 Å². The summed E-state index contributed by atoms with van der Waals surface area (Å²) in [4.78, 5) is 13.9. The van der Waals surface area contributed by atoms with Gasteiger partial charge in [0, 0.05) is 6.54 Å². The number of carbonyl (C=O) groups excluding carboxylic acids is 1.